The van der Waals surface area contributed by atoms with Gasteiger partial charge in [0.05, 0.1) is 17.4 Å². The zero-order valence-corrected chi connectivity index (χ0v) is 12.0. The van der Waals surface area contributed by atoms with E-state index < -0.39 is 20.9 Å². The highest BCUT2D eigenvalue weighted by molar-refractivity contribution is 7.92. The molecule has 0 atom stereocenters. The summed E-state index contributed by atoms with van der Waals surface area (Å²) in [5.41, 5.74) is 5.43. The number of hydrogen-bond acceptors (Lipinski definition) is 5. The van der Waals surface area contributed by atoms with E-state index >= 15 is 0 Å². The number of nitrogens with two attached hydrogens (primary N) is 1. The van der Waals surface area contributed by atoms with Crippen molar-refractivity contribution in [3.63, 3.8) is 0 Å². The number of aromatic nitrogens is 1. The summed E-state index contributed by atoms with van der Waals surface area (Å²) in [6.07, 6.45) is 1.21. The Balaban J connectivity index is 2.46. The van der Waals surface area contributed by atoms with E-state index in [2.05, 4.69) is 9.71 Å². The van der Waals surface area contributed by atoms with E-state index in [1.807, 2.05) is 0 Å². The predicted octanol–water partition coefficient (Wildman–Crippen LogP) is 1.82. The quantitative estimate of drug-likeness (QED) is 0.581. The molecule has 9 heteroatoms. The number of nitrogens with one attached hydrogen (secondary N) is 1. The third-order valence-electron chi connectivity index (χ3n) is 2.51. The van der Waals surface area contributed by atoms with Gasteiger partial charge in [-0.15, -0.1) is 0 Å². The average Bonchev–Trinajstić information content (AvgIpc) is 2.41. The summed E-state index contributed by atoms with van der Waals surface area (Å²) < 4.78 is 26.8. The van der Waals surface area contributed by atoms with Crippen molar-refractivity contribution in [2.75, 3.05) is 10.5 Å². The average molecular weight is 328 g/mol. The number of carboxylic acids is 1. The molecule has 0 aliphatic rings. The molecule has 110 valence electrons. The van der Waals surface area contributed by atoms with Crippen molar-refractivity contribution in [2.45, 2.75) is 4.90 Å². The van der Waals surface area contributed by atoms with Gasteiger partial charge in [-0.3, -0.25) is 4.72 Å². The van der Waals surface area contributed by atoms with E-state index in [-0.39, 0.29) is 22.1 Å². The Morgan fingerprint density at radius 2 is 2.00 bits per heavy atom. The number of halogens is 1. The van der Waals surface area contributed by atoms with Crippen LogP contribution in [0.25, 0.3) is 0 Å². The second-order valence-electron chi connectivity index (χ2n) is 4.04. The van der Waals surface area contributed by atoms with Crippen LogP contribution in [0.4, 0.5) is 11.4 Å². The largest absolute Gasteiger partial charge is 0.478 e. The van der Waals surface area contributed by atoms with Crippen molar-refractivity contribution in [1.29, 1.82) is 0 Å². The Morgan fingerprint density at radius 3 is 2.57 bits per heavy atom. The van der Waals surface area contributed by atoms with E-state index in [4.69, 9.17) is 22.4 Å². The molecule has 0 aliphatic carbocycles. The van der Waals surface area contributed by atoms with Crippen LogP contribution < -0.4 is 10.5 Å². The van der Waals surface area contributed by atoms with Gasteiger partial charge in [-0.2, -0.15) is 0 Å². The predicted molar refractivity (Wildman–Crippen MR) is 77.9 cm³/mol. The van der Waals surface area contributed by atoms with E-state index in [1.165, 1.54) is 24.4 Å². The van der Waals surface area contributed by atoms with Crippen LogP contribution in [-0.2, 0) is 10.0 Å². The lowest BCUT2D eigenvalue weighted by molar-refractivity contribution is 0.0692. The van der Waals surface area contributed by atoms with Crippen molar-refractivity contribution >= 4 is 39.0 Å². The number of anilines is 2. The van der Waals surface area contributed by atoms with Crippen molar-refractivity contribution in [2.24, 2.45) is 0 Å². The van der Waals surface area contributed by atoms with E-state index in [0.717, 1.165) is 12.1 Å². The summed E-state index contributed by atoms with van der Waals surface area (Å²) in [6, 6.07) is 6.32. The van der Waals surface area contributed by atoms with Gasteiger partial charge >= 0.3 is 5.97 Å². The fraction of sp³-hybridized carbons (Fsp3) is 0. The highest BCUT2D eigenvalue weighted by Gasteiger charge is 2.22. The molecule has 21 heavy (non-hydrogen) atoms. The summed E-state index contributed by atoms with van der Waals surface area (Å²) in [5.74, 6) is -1.37. The minimum atomic E-state index is -4.12. The summed E-state index contributed by atoms with van der Waals surface area (Å²) in [5, 5.41) is 9.26. The maximum Gasteiger partial charge on any atom is 0.337 e. The van der Waals surface area contributed by atoms with Gasteiger partial charge in [-0.1, -0.05) is 11.6 Å². The van der Waals surface area contributed by atoms with Crippen molar-refractivity contribution in [3.05, 3.63) is 47.2 Å². The van der Waals surface area contributed by atoms with Crippen molar-refractivity contribution < 1.29 is 18.3 Å². The van der Waals surface area contributed by atoms with Crippen LogP contribution in [-0.4, -0.2) is 24.5 Å². The van der Waals surface area contributed by atoms with Crippen LogP contribution >= 0.6 is 11.6 Å². The second-order valence-corrected chi connectivity index (χ2v) is 6.07. The Morgan fingerprint density at radius 1 is 1.29 bits per heavy atom. The van der Waals surface area contributed by atoms with Crippen LogP contribution in [0.5, 0.6) is 0 Å². The van der Waals surface area contributed by atoms with Gasteiger partial charge in [0.25, 0.3) is 10.0 Å². The zero-order chi connectivity index (χ0) is 15.6. The standard InChI is InChI=1S/C12H10ClN3O4S/c13-11-4-2-8(6-15-11)16-21(19,20)10-5-7(14)1-3-9(10)12(17)18/h1-6,16H,14H2,(H,17,18). The summed E-state index contributed by atoms with van der Waals surface area (Å²) in [6.45, 7) is 0. The Kier molecular flexibility index (Phi) is 4.01. The molecule has 0 spiro atoms. The van der Waals surface area contributed by atoms with Gasteiger partial charge < -0.3 is 10.8 Å². The SMILES string of the molecule is Nc1ccc(C(=O)O)c(S(=O)(=O)Nc2ccc(Cl)nc2)c1. The third kappa shape index (κ3) is 3.41. The van der Waals surface area contributed by atoms with Gasteiger partial charge in [0, 0.05) is 5.69 Å². The molecule has 1 aromatic carbocycles. The first-order valence-corrected chi connectivity index (χ1v) is 7.43. The van der Waals surface area contributed by atoms with Crippen LogP contribution in [0, 0.1) is 0 Å². The molecule has 0 saturated heterocycles. The number of nitrogens with zero attached hydrogens (tertiary/aromatic N) is 1. The maximum atomic E-state index is 12.3. The third-order valence-corrected chi connectivity index (χ3v) is 4.15. The molecule has 0 aliphatic heterocycles. The van der Waals surface area contributed by atoms with Crippen LogP contribution in [0.1, 0.15) is 10.4 Å². The molecule has 0 fully saturated rings. The molecule has 4 N–H and O–H groups in total. The monoisotopic (exact) mass is 327 g/mol. The molecule has 0 radical (unpaired) electrons. The number of carboxylic acid groups (broad SMARTS) is 1. The number of nitrogen functional groups attached to an aromatic ring is 1. The smallest absolute Gasteiger partial charge is 0.337 e. The number of hydrogen-bond donors (Lipinski definition) is 3. The molecule has 2 rings (SSSR count). The van der Waals surface area contributed by atoms with E-state index in [0.29, 0.717) is 0 Å². The fourth-order valence-corrected chi connectivity index (χ4v) is 2.97. The molecule has 2 aromatic rings. The second kappa shape index (κ2) is 5.58. The molecule has 0 unspecified atom stereocenters. The van der Waals surface area contributed by atoms with Crippen LogP contribution in [0.15, 0.2) is 41.4 Å². The van der Waals surface area contributed by atoms with Gasteiger partial charge in [0.1, 0.15) is 10.0 Å². The van der Waals surface area contributed by atoms with Crippen molar-refractivity contribution in [3.8, 4) is 0 Å². The number of sulfonamides is 1. The first-order valence-electron chi connectivity index (χ1n) is 5.57. The van der Waals surface area contributed by atoms with Gasteiger partial charge in [0.2, 0.25) is 0 Å². The maximum absolute atomic E-state index is 12.3. The summed E-state index contributed by atoms with van der Waals surface area (Å²) in [7, 11) is -4.12. The lowest BCUT2D eigenvalue weighted by Crippen LogP contribution is -2.17. The molecule has 1 aromatic heterocycles. The molecular weight excluding hydrogens is 318 g/mol. The number of rotatable bonds is 4. The molecule has 0 bridgehead atoms. The molecule has 0 amide bonds. The minimum Gasteiger partial charge on any atom is -0.478 e. The Bertz CT molecular complexity index is 791. The zero-order valence-electron chi connectivity index (χ0n) is 10.4. The molecule has 1 heterocycles. The Labute approximate surface area is 125 Å². The number of carbonyl (C=O) groups is 1. The van der Waals surface area contributed by atoms with Gasteiger partial charge in [-0.05, 0) is 30.3 Å². The fourth-order valence-electron chi connectivity index (χ4n) is 1.58. The van der Waals surface area contributed by atoms with Gasteiger partial charge in [-0.25, -0.2) is 18.2 Å². The number of pyridine rings is 1. The van der Waals surface area contributed by atoms with Crippen LogP contribution in [0.3, 0.4) is 0 Å². The lowest BCUT2D eigenvalue weighted by Gasteiger charge is -2.10. The highest BCUT2D eigenvalue weighted by atomic mass is 35.5. The highest BCUT2D eigenvalue weighted by Crippen LogP contribution is 2.22. The lowest BCUT2D eigenvalue weighted by atomic mass is 10.2. The number of benzene rings is 1. The summed E-state index contributed by atoms with van der Waals surface area (Å²) in [4.78, 5) is 14.4. The van der Waals surface area contributed by atoms with E-state index in [9.17, 15) is 13.2 Å². The topological polar surface area (TPSA) is 122 Å². The first kappa shape index (κ1) is 15.1. The van der Waals surface area contributed by atoms with Gasteiger partial charge in [0.15, 0.2) is 0 Å². The minimum absolute atomic E-state index is 0.134. The molecule has 0 saturated carbocycles. The first-order chi connectivity index (χ1) is 9.79. The van der Waals surface area contributed by atoms with Crippen LogP contribution in [0.2, 0.25) is 5.15 Å². The summed E-state index contributed by atoms with van der Waals surface area (Å²) >= 11 is 5.60. The molecular formula is C12H10ClN3O4S. The number of aromatic carboxylic acids is 1. The normalized spacial score (nSPS) is 11.1. The Hall–Kier alpha value is -2.32. The van der Waals surface area contributed by atoms with E-state index in [1.54, 1.807) is 0 Å². The molecule has 7 nitrogen and oxygen atoms in total. The van der Waals surface area contributed by atoms with Crippen molar-refractivity contribution in [1.82, 2.24) is 4.98 Å².